The third kappa shape index (κ3) is 5.19. The molecule has 176 valence electrons. The van der Waals surface area contributed by atoms with Crippen molar-refractivity contribution >= 4 is 33.2 Å². The summed E-state index contributed by atoms with van der Waals surface area (Å²) < 4.78 is 18.0. The molecule has 0 saturated carbocycles. The molecule has 1 aromatic heterocycles. The van der Waals surface area contributed by atoms with Crippen LogP contribution in [0.25, 0.3) is 20.5 Å². The Balaban J connectivity index is 1.38. The number of fused-ring (bicyclic) bond motifs is 1. The standard InChI is InChI=1S/C28H29NO3S2/c1-30-21-7-5-20(6-8-21)27-28(25-14-11-23(31-2)19-26(25)34-27)33-24-12-9-22(10-13-24)32-18-17-29-15-3-4-16-29/h5-14,19H,3-4,15-18H2,1-2H3. The van der Waals surface area contributed by atoms with Crippen molar-refractivity contribution < 1.29 is 14.2 Å². The molecule has 2 heterocycles. The largest absolute Gasteiger partial charge is 0.497 e. The Morgan fingerprint density at radius 2 is 1.50 bits per heavy atom. The molecule has 6 heteroatoms. The molecular weight excluding hydrogens is 462 g/mol. The highest BCUT2D eigenvalue weighted by molar-refractivity contribution is 8.00. The van der Waals surface area contributed by atoms with Crippen LogP contribution < -0.4 is 14.2 Å². The average molecular weight is 492 g/mol. The molecule has 1 fully saturated rings. The molecule has 0 radical (unpaired) electrons. The summed E-state index contributed by atoms with van der Waals surface area (Å²) in [5.41, 5.74) is 1.19. The SMILES string of the molecule is COc1ccc(-c2sc3cc(OC)ccc3c2Sc2ccc(OCCN3CCCC3)cc2)cc1. The van der Waals surface area contributed by atoms with Crippen LogP contribution in [0.15, 0.2) is 76.5 Å². The van der Waals surface area contributed by atoms with Gasteiger partial charge in [0.1, 0.15) is 23.9 Å². The molecule has 0 spiro atoms. The maximum Gasteiger partial charge on any atom is 0.120 e. The molecule has 0 unspecified atom stereocenters. The minimum atomic E-state index is 0.741. The third-order valence-electron chi connectivity index (χ3n) is 6.12. The van der Waals surface area contributed by atoms with E-state index in [1.807, 2.05) is 18.2 Å². The van der Waals surface area contributed by atoms with Crippen LogP contribution in [0, 0.1) is 0 Å². The number of methoxy groups -OCH3 is 2. The monoisotopic (exact) mass is 491 g/mol. The predicted octanol–water partition coefficient (Wildman–Crippen LogP) is 7.21. The van der Waals surface area contributed by atoms with Gasteiger partial charge in [-0.25, -0.2) is 0 Å². The van der Waals surface area contributed by atoms with E-state index in [1.54, 1.807) is 37.3 Å². The molecule has 3 aromatic carbocycles. The molecule has 0 bridgehead atoms. The van der Waals surface area contributed by atoms with Crippen LogP contribution in [0.1, 0.15) is 12.8 Å². The number of hydrogen-bond donors (Lipinski definition) is 0. The zero-order valence-electron chi connectivity index (χ0n) is 19.6. The Morgan fingerprint density at radius 3 is 2.21 bits per heavy atom. The van der Waals surface area contributed by atoms with E-state index in [0.717, 1.165) is 30.4 Å². The van der Waals surface area contributed by atoms with Crippen molar-refractivity contribution in [3.63, 3.8) is 0 Å². The second kappa shape index (κ2) is 10.7. The zero-order chi connectivity index (χ0) is 23.3. The van der Waals surface area contributed by atoms with Crippen molar-refractivity contribution in [2.75, 3.05) is 40.5 Å². The van der Waals surface area contributed by atoms with Crippen LogP contribution in [0.2, 0.25) is 0 Å². The first-order valence-electron chi connectivity index (χ1n) is 11.6. The van der Waals surface area contributed by atoms with Crippen LogP contribution >= 0.6 is 23.1 Å². The van der Waals surface area contributed by atoms with Crippen LogP contribution in [-0.4, -0.2) is 45.4 Å². The van der Waals surface area contributed by atoms with Gasteiger partial charge in [0.2, 0.25) is 0 Å². The van der Waals surface area contributed by atoms with Gasteiger partial charge in [-0.15, -0.1) is 11.3 Å². The van der Waals surface area contributed by atoms with Crippen LogP contribution in [0.5, 0.6) is 17.2 Å². The van der Waals surface area contributed by atoms with Crippen molar-refractivity contribution in [2.45, 2.75) is 22.6 Å². The molecule has 0 N–H and O–H groups in total. The fourth-order valence-corrected chi connectivity index (χ4v) is 6.69. The van der Waals surface area contributed by atoms with Gasteiger partial charge in [-0.05, 0) is 98.2 Å². The number of benzene rings is 3. The first-order valence-corrected chi connectivity index (χ1v) is 13.2. The number of ether oxygens (including phenoxy) is 3. The van der Waals surface area contributed by atoms with Gasteiger partial charge >= 0.3 is 0 Å². The summed E-state index contributed by atoms with van der Waals surface area (Å²) in [5.74, 6) is 2.67. The van der Waals surface area contributed by atoms with Crippen molar-refractivity contribution in [2.24, 2.45) is 0 Å². The third-order valence-corrected chi connectivity index (χ3v) is 8.59. The highest BCUT2D eigenvalue weighted by atomic mass is 32.2. The number of thiophene rings is 1. The Morgan fingerprint density at radius 1 is 0.824 bits per heavy atom. The van der Waals surface area contributed by atoms with Crippen molar-refractivity contribution in [3.8, 4) is 27.7 Å². The number of nitrogens with zero attached hydrogens (tertiary/aromatic N) is 1. The minimum absolute atomic E-state index is 0.741. The van der Waals surface area contributed by atoms with E-state index in [0.29, 0.717) is 0 Å². The quantitative estimate of drug-likeness (QED) is 0.247. The maximum atomic E-state index is 5.99. The smallest absolute Gasteiger partial charge is 0.120 e. The summed E-state index contributed by atoms with van der Waals surface area (Å²) in [4.78, 5) is 6.18. The number of hydrogen-bond acceptors (Lipinski definition) is 6. The van der Waals surface area contributed by atoms with Gasteiger partial charge in [0.15, 0.2) is 0 Å². The molecule has 0 amide bonds. The number of likely N-dealkylation sites (tertiary alicyclic amines) is 1. The van der Waals surface area contributed by atoms with E-state index in [2.05, 4.69) is 53.4 Å². The van der Waals surface area contributed by atoms with Crippen molar-refractivity contribution in [1.29, 1.82) is 0 Å². The minimum Gasteiger partial charge on any atom is -0.497 e. The lowest BCUT2D eigenvalue weighted by molar-refractivity contribution is 0.237. The molecule has 4 nitrogen and oxygen atoms in total. The van der Waals surface area contributed by atoms with E-state index in [4.69, 9.17) is 14.2 Å². The van der Waals surface area contributed by atoms with Crippen molar-refractivity contribution in [1.82, 2.24) is 4.90 Å². The normalized spacial score (nSPS) is 13.9. The Hall–Kier alpha value is -2.67. The van der Waals surface area contributed by atoms with Crippen LogP contribution in [0.4, 0.5) is 0 Å². The molecule has 0 aliphatic carbocycles. The second-order valence-corrected chi connectivity index (χ2v) is 10.5. The summed E-state index contributed by atoms with van der Waals surface area (Å²) in [6, 6.07) is 23.1. The highest BCUT2D eigenvalue weighted by Gasteiger charge is 2.17. The lowest BCUT2D eigenvalue weighted by Crippen LogP contribution is -2.25. The molecule has 4 aromatic rings. The van der Waals surface area contributed by atoms with E-state index < -0.39 is 0 Å². The van der Waals surface area contributed by atoms with E-state index in [9.17, 15) is 0 Å². The van der Waals surface area contributed by atoms with Gasteiger partial charge in [0.25, 0.3) is 0 Å². The maximum absolute atomic E-state index is 5.99. The topological polar surface area (TPSA) is 30.9 Å². The van der Waals surface area contributed by atoms with E-state index in [1.165, 1.54) is 56.2 Å². The molecule has 5 rings (SSSR count). The lowest BCUT2D eigenvalue weighted by Gasteiger charge is -2.15. The molecule has 34 heavy (non-hydrogen) atoms. The first-order chi connectivity index (χ1) is 16.7. The molecule has 1 aliphatic rings. The van der Waals surface area contributed by atoms with Gasteiger partial charge in [-0.3, -0.25) is 4.90 Å². The lowest BCUT2D eigenvalue weighted by atomic mass is 10.1. The first kappa shape index (κ1) is 23.1. The summed E-state index contributed by atoms with van der Waals surface area (Å²) in [6.07, 6.45) is 2.63. The van der Waals surface area contributed by atoms with Gasteiger partial charge < -0.3 is 14.2 Å². The van der Waals surface area contributed by atoms with E-state index >= 15 is 0 Å². The van der Waals surface area contributed by atoms with Crippen LogP contribution in [0.3, 0.4) is 0 Å². The molecule has 1 aliphatic heterocycles. The number of rotatable bonds is 9. The molecule has 1 saturated heterocycles. The van der Waals surface area contributed by atoms with Crippen molar-refractivity contribution in [3.05, 3.63) is 66.7 Å². The zero-order valence-corrected chi connectivity index (χ0v) is 21.2. The Bertz CT molecular complexity index is 1230. The molecule has 0 atom stereocenters. The highest BCUT2D eigenvalue weighted by Crippen LogP contribution is 2.47. The fourth-order valence-electron chi connectivity index (χ4n) is 4.23. The average Bonchev–Trinajstić information content (AvgIpc) is 3.53. The Kier molecular flexibility index (Phi) is 7.28. The fraction of sp³-hybridized carbons (Fsp3) is 0.286. The van der Waals surface area contributed by atoms with Gasteiger partial charge in [0, 0.05) is 31.3 Å². The predicted molar refractivity (Wildman–Crippen MR) is 142 cm³/mol. The summed E-state index contributed by atoms with van der Waals surface area (Å²) in [7, 11) is 3.41. The molecular formula is C28H29NO3S2. The van der Waals surface area contributed by atoms with Crippen LogP contribution in [-0.2, 0) is 0 Å². The van der Waals surface area contributed by atoms with Gasteiger partial charge in [0.05, 0.1) is 14.2 Å². The van der Waals surface area contributed by atoms with E-state index in [-0.39, 0.29) is 0 Å². The van der Waals surface area contributed by atoms with Gasteiger partial charge in [-0.2, -0.15) is 0 Å². The summed E-state index contributed by atoms with van der Waals surface area (Å²) in [5, 5.41) is 1.24. The summed E-state index contributed by atoms with van der Waals surface area (Å²) >= 11 is 3.59. The Labute approximate surface area is 209 Å². The van der Waals surface area contributed by atoms with Gasteiger partial charge in [-0.1, -0.05) is 11.8 Å². The second-order valence-electron chi connectivity index (χ2n) is 8.32. The summed E-state index contributed by atoms with van der Waals surface area (Å²) in [6.45, 7) is 4.16.